The Morgan fingerprint density at radius 3 is 2.60 bits per heavy atom. The normalized spacial score (nSPS) is 21.5. The monoisotopic (exact) mass is 279 g/mol. The quantitative estimate of drug-likeness (QED) is 0.755. The molecule has 0 bridgehead atoms. The van der Waals surface area contributed by atoms with Crippen LogP contribution in [0.15, 0.2) is 0 Å². The highest BCUT2D eigenvalue weighted by Gasteiger charge is 2.33. The van der Waals surface area contributed by atoms with Crippen molar-refractivity contribution >= 4 is 17.9 Å². The Hall–Kier alpha value is -2.25. The number of rotatable bonds is 3. The van der Waals surface area contributed by atoms with Crippen LogP contribution in [0.3, 0.4) is 0 Å². The zero-order valence-corrected chi connectivity index (χ0v) is 11.4. The van der Waals surface area contributed by atoms with Crippen LogP contribution in [0, 0.1) is 19.8 Å². The number of aryl methyl sites for hydroxylation is 2. The number of urea groups is 1. The first-order chi connectivity index (χ1) is 9.47. The van der Waals surface area contributed by atoms with Crippen LogP contribution in [0.4, 0.5) is 10.7 Å². The molecular weight excluding hydrogens is 262 g/mol. The van der Waals surface area contributed by atoms with Gasteiger partial charge < -0.3 is 10.4 Å². The second kappa shape index (κ2) is 5.81. The molecule has 0 saturated heterocycles. The number of carboxylic acids is 1. The summed E-state index contributed by atoms with van der Waals surface area (Å²) in [5.74, 6) is -1.30. The fourth-order valence-corrected chi connectivity index (χ4v) is 2.24. The molecule has 1 heterocycles. The molecule has 2 amide bonds. The van der Waals surface area contributed by atoms with E-state index in [4.69, 9.17) is 5.11 Å². The van der Waals surface area contributed by atoms with E-state index in [1.165, 1.54) is 0 Å². The molecule has 8 nitrogen and oxygen atoms in total. The maximum absolute atomic E-state index is 11.8. The van der Waals surface area contributed by atoms with E-state index >= 15 is 0 Å². The second-order valence-corrected chi connectivity index (χ2v) is 4.89. The summed E-state index contributed by atoms with van der Waals surface area (Å²) in [6.07, 6.45) is 2.04. The van der Waals surface area contributed by atoms with Crippen molar-refractivity contribution in [3.8, 4) is 0 Å². The molecule has 1 aliphatic rings. The molecule has 3 N–H and O–H groups in total. The van der Waals surface area contributed by atoms with Gasteiger partial charge in [-0.3, -0.25) is 10.1 Å². The molecule has 108 valence electrons. The molecule has 0 aromatic carbocycles. The van der Waals surface area contributed by atoms with E-state index < -0.39 is 17.9 Å². The standard InChI is InChI=1S/C12H17N5O3/c1-6-7(2)16-17-11(13-6)15-12(20)14-9-5-3-4-8(9)10(18)19/h8-9H,3-5H2,1-2H3,(H,18,19)(H2,13,14,15,17,20). The molecule has 0 aliphatic heterocycles. The van der Waals surface area contributed by atoms with Gasteiger partial charge in [-0.1, -0.05) is 6.42 Å². The maximum Gasteiger partial charge on any atom is 0.321 e. The van der Waals surface area contributed by atoms with Crippen molar-refractivity contribution in [2.75, 3.05) is 5.32 Å². The van der Waals surface area contributed by atoms with Gasteiger partial charge in [0.05, 0.1) is 17.3 Å². The van der Waals surface area contributed by atoms with Gasteiger partial charge in [0.1, 0.15) is 0 Å². The largest absolute Gasteiger partial charge is 0.481 e. The molecule has 1 saturated carbocycles. The zero-order chi connectivity index (χ0) is 14.7. The molecule has 2 rings (SSSR count). The Morgan fingerprint density at radius 1 is 1.20 bits per heavy atom. The van der Waals surface area contributed by atoms with Crippen molar-refractivity contribution in [3.05, 3.63) is 11.4 Å². The number of aliphatic carboxylic acids is 1. The number of hydrogen-bond donors (Lipinski definition) is 3. The number of nitrogens with one attached hydrogen (secondary N) is 2. The first-order valence-electron chi connectivity index (χ1n) is 6.45. The topological polar surface area (TPSA) is 117 Å². The number of amides is 2. The Kier molecular flexibility index (Phi) is 4.11. The van der Waals surface area contributed by atoms with Crippen molar-refractivity contribution in [2.45, 2.75) is 39.2 Å². The highest BCUT2D eigenvalue weighted by molar-refractivity contribution is 5.88. The molecule has 8 heteroatoms. The van der Waals surface area contributed by atoms with E-state index in [-0.39, 0.29) is 12.0 Å². The lowest BCUT2D eigenvalue weighted by Gasteiger charge is -2.17. The van der Waals surface area contributed by atoms with Gasteiger partial charge in [0.15, 0.2) is 0 Å². The van der Waals surface area contributed by atoms with E-state index in [1.807, 2.05) is 0 Å². The third kappa shape index (κ3) is 3.19. The fraction of sp³-hybridized carbons (Fsp3) is 0.583. The first-order valence-corrected chi connectivity index (χ1v) is 6.45. The van der Waals surface area contributed by atoms with Crippen LogP contribution in [0.25, 0.3) is 0 Å². The summed E-state index contributed by atoms with van der Waals surface area (Å²) in [4.78, 5) is 26.9. The minimum Gasteiger partial charge on any atom is -0.481 e. The van der Waals surface area contributed by atoms with Gasteiger partial charge in [-0.05, 0) is 26.7 Å². The average Bonchev–Trinajstić information content (AvgIpc) is 2.82. The lowest BCUT2D eigenvalue weighted by molar-refractivity contribution is -0.142. The predicted octanol–water partition coefficient (Wildman–Crippen LogP) is 0.863. The number of aromatic nitrogens is 3. The van der Waals surface area contributed by atoms with Gasteiger partial charge in [0, 0.05) is 6.04 Å². The van der Waals surface area contributed by atoms with Crippen LogP contribution in [-0.4, -0.2) is 38.3 Å². The Labute approximate surface area is 116 Å². The van der Waals surface area contributed by atoms with Crippen molar-refractivity contribution in [3.63, 3.8) is 0 Å². The lowest BCUT2D eigenvalue weighted by Crippen LogP contribution is -2.42. The van der Waals surface area contributed by atoms with Crippen LogP contribution in [-0.2, 0) is 4.79 Å². The first kappa shape index (κ1) is 14.2. The van der Waals surface area contributed by atoms with E-state index in [0.29, 0.717) is 24.2 Å². The SMILES string of the molecule is Cc1nnc(NC(=O)NC2CCCC2C(=O)O)nc1C. The molecule has 0 radical (unpaired) electrons. The maximum atomic E-state index is 11.8. The summed E-state index contributed by atoms with van der Waals surface area (Å²) in [6.45, 7) is 3.54. The molecule has 1 aliphatic carbocycles. The highest BCUT2D eigenvalue weighted by Crippen LogP contribution is 2.25. The number of carboxylic acid groups (broad SMARTS) is 1. The summed E-state index contributed by atoms with van der Waals surface area (Å²) in [7, 11) is 0. The van der Waals surface area contributed by atoms with Crippen LogP contribution in [0.1, 0.15) is 30.7 Å². The van der Waals surface area contributed by atoms with Crippen molar-refractivity contribution < 1.29 is 14.7 Å². The molecule has 2 unspecified atom stereocenters. The minimum absolute atomic E-state index is 0.107. The Bertz CT molecular complexity index is 534. The molecule has 2 atom stereocenters. The van der Waals surface area contributed by atoms with Gasteiger partial charge in [0.25, 0.3) is 5.95 Å². The van der Waals surface area contributed by atoms with Crippen molar-refractivity contribution in [1.29, 1.82) is 0 Å². The average molecular weight is 279 g/mol. The van der Waals surface area contributed by atoms with Gasteiger partial charge in [-0.25, -0.2) is 9.78 Å². The van der Waals surface area contributed by atoms with Gasteiger partial charge in [-0.2, -0.15) is 5.10 Å². The molecule has 1 aromatic rings. The third-order valence-electron chi connectivity index (χ3n) is 3.47. The van der Waals surface area contributed by atoms with E-state index in [2.05, 4.69) is 25.8 Å². The lowest BCUT2D eigenvalue weighted by atomic mass is 10.0. The number of anilines is 1. The molecule has 1 aromatic heterocycles. The van der Waals surface area contributed by atoms with E-state index in [1.54, 1.807) is 13.8 Å². The fourth-order valence-electron chi connectivity index (χ4n) is 2.24. The number of carbonyl (C=O) groups is 2. The van der Waals surface area contributed by atoms with Crippen LogP contribution in [0.2, 0.25) is 0 Å². The Morgan fingerprint density at radius 2 is 1.95 bits per heavy atom. The van der Waals surface area contributed by atoms with Crippen molar-refractivity contribution in [1.82, 2.24) is 20.5 Å². The summed E-state index contributed by atoms with van der Waals surface area (Å²) in [5, 5.41) is 21.8. The number of nitrogens with zero attached hydrogens (tertiary/aromatic N) is 3. The van der Waals surface area contributed by atoms with Crippen LogP contribution in [0.5, 0.6) is 0 Å². The Balaban J connectivity index is 1.95. The van der Waals surface area contributed by atoms with Gasteiger partial charge >= 0.3 is 12.0 Å². The van der Waals surface area contributed by atoms with Gasteiger partial charge in [-0.15, -0.1) is 5.10 Å². The second-order valence-electron chi connectivity index (χ2n) is 4.89. The van der Waals surface area contributed by atoms with E-state index in [0.717, 1.165) is 6.42 Å². The van der Waals surface area contributed by atoms with Gasteiger partial charge in [0.2, 0.25) is 0 Å². The zero-order valence-electron chi connectivity index (χ0n) is 11.4. The molecular formula is C12H17N5O3. The smallest absolute Gasteiger partial charge is 0.321 e. The molecule has 1 fully saturated rings. The summed E-state index contributed by atoms with van der Waals surface area (Å²) < 4.78 is 0. The van der Waals surface area contributed by atoms with Crippen LogP contribution < -0.4 is 10.6 Å². The summed E-state index contributed by atoms with van der Waals surface area (Å²) in [6, 6.07) is -0.861. The highest BCUT2D eigenvalue weighted by atomic mass is 16.4. The van der Waals surface area contributed by atoms with Crippen molar-refractivity contribution in [2.24, 2.45) is 5.92 Å². The van der Waals surface area contributed by atoms with E-state index in [9.17, 15) is 9.59 Å². The predicted molar refractivity (Wildman–Crippen MR) is 70.2 cm³/mol. The summed E-state index contributed by atoms with van der Waals surface area (Å²) in [5.41, 5.74) is 1.37. The minimum atomic E-state index is -0.878. The molecule has 20 heavy (non-hydrogen) atoms. The number of carbonyl (C=O) groups excluding carboxylic acids is 1. The number of hydrogen-bond acceptors (Lipinski definition) is 5. The van der Waals surface area contributed by atoms with Crippen LogP contribution >= 0.6 is 0 Å². The summed E-state index contributed by atoms with van der Waals surface area (Å²) >= 11 is 0. The third-order valence-corrected chi connectivity index (χ3v) is 3.47. The molecule has 0 spiro atoms.